The van der Waals surface area contributed by atoms with Crippen molar-refractivity contribution in [1.82, 2.24) is 10.2 Å². The molecule has 2 amide bonds. The largest absolute Gasteiger partial charge is 0.460 e. The summed E-state index contributed by atoms with van der Waals surface area (Å²) < 4.78 is 18.1. The number of alkyl carbamates (subject to hydrolysis) is 1. The van der Waals surface area contributed by atoms with E-state index >= 15 is 0 Å². The van der Waals surface area contributed by atoms with E-state index in [0.29, 0.717) is 40.4 Å². The lowest BCUT2D eigenvalue weighted by Crippen LogP contribution is -2.54. The van der Waals surface area contributed by atoms with Crippen LogP contribution < -0.4 is 5.32 Å². The van der Waals surface area contributed by atoms with Crippen molar-refractivity contribution in [3.8, 4) is 11.1 Å². The Labute approximate surface area is 316 Å². The molecule has 11 heteroatoms. The number of carbonyl (C=O) groups excluding carboxylic acids is 3. The number of ether oxygens (including phenoxy) is 2. The molecule has 2 aliphatic rings. The van der Waals surface area contributed by atoms with Gasteiger partial charge in [-0.25, -0.2) is 9.59 Å². The Bertz CT molecular complexity index is 1560. The number of hydrogen-bond donors (Lipinski definition) is 1. The number of fused-ring (bicyclic) bond motifs is 3. The third kappa shape index (κ3) is 8.68. The maximum Gasteiger partial charge on any atom is 0.407 e. The first-order valence-corrected chi connectivity index (χ1v) is 21.7. The zero-order chi connectivity index (χ0) is 38.4. The Hall–Kier alpha value is -3.41. The topological polar surface area (TPSA) is 107 Å². The summed E-state index contributed by atoms with van der Waals surface area (Å²) >= 11 is 1.42. The monoisotopic (exact) mass is 749 g/mol. The number of nitrogens with one attached hydrogen (secondary N) is 1. The summed E-state index contributed by atoms with van der Waals surface area (Å²) in [4.78, 5) is 47.0. The van der Waals surface area contributed by atoms with Crippen LogP contribution in [0.1, 0.15) is 85.8 Å². The van der Waals surface area contributed by atoms with E-state index in [-0.39, 0.29) is 31.0 Å². The van der Waals surface area contributed by atoms with E-state index in [1.807, 2.05) is 38.1 Å². The van der Waals surface area contributed by atoms with E-state index in [0.717, 1.165) is 22.3 Å². The van der Waals surface area contributed by atoms with Gasteiger partial charge in [0.15, 0.2) is 8.32 Å². The number of benzene rings is 2. The van der Waals surface area contributed by atoms with Crippen molar-refractivity contribution in [3.05, 3.63) is 72.3 Å². The van der Waals surface area contributed by atoms with Crippen LogP contribution in [-0.4, -0.2) is 86.5 Å². The van der Waals surface area contributed by atoms with Gasteiger partial charge in [-0.05, 0) is 65.1 Å². The molecular formula is C41H59N3O6SSi. The standard InChI is InChI=1S/C41H59N3O6SSi/c1-12-22-48-38(45)36(29(8)21-23-50-52(26(2)3,27(4)5)28(6)7)44(11)39(46)41(10)25-51-37(43-41)30(9)42-40(47)49-24-35-33-19-15-13-17-31(33)32-18-14-16-20-34(32)35/h12-20,26-30,35-36H,1,21-25H2,2-11H3,(H,42,47)/t29-,30?,36-,41-/m0/s1. The maximum atomic E-state index is 14.2. The third-order valence-corrected chi connectivity index (χ3v) is 18.4. The Morgan fingerprint density at radius 3 is 2.06 bits per heavy atom. The summed E-state index contributed by atoms with van der Waals surface area (Å²) in [6.07, 6.45) is 1.57. The second-order valence-corrected chi connectivity index (χ2v) is 21.9. The summed E-state index contributed by atoms with van der Waals surface area (Å²) in [5, 5.41) is 3.54. The minimum absolute atomic E-state index is 0.0478. The van der Waals surface area contributed by atoms with Gasteiger partial charge in [0.05, 0.1) is 11.1 Å². The van der Waals surface area contributed by atoms with Crippen molar-refractivity contribution < 1.29 is 28.3 Å². The van der Waals surface area contributed by atoms with Crippen LogP contribution in [-0.2, 0) is 23.5 Å². The van der Waals surface area contributed by atoms with Gasteiger partial charge in [-0.1, -0.05) is 110 Å². The molecule has 4 atom stereocenters. The fourth-order valence-electron chi connectivity index (χ4n) is 8.32. The molecule has 0 saturated carbocycles. The zero-order valence-corrected chi connectivity index (χ0v) is 34.5. The van der Waals surface area contributed by atoms with Crippen LogP contribution in [0.5, 0.6) is 0 Å². The molecule has 52 heavy (non-hydrogen) atoms. The zero-order valence-electron chi connectivity index (χ0n) is 32.7. The van der Waals surface area contributed by atoms with Gasteiger partial charge in [-0.3, -0.25) is 9.79 Å². The van der Waals surface area contributed by atoms with Crippen molar-refractivity contribution in [3.63, 3.8) is 0 Å². The number of aliphatic imine (C=N–C) groups is 1. The first kappa shape index (κ1) is 41.3. The van der Waals surface area contributed by atoms with Gasteiger partial charge in [-0.2, -0.15) is 0 Å². The first-order chi connectivity index (χ1) is 24.6. The molecule has 0 aromatic heterocycles. The number of rotatable bonds is 17. The molecule has 0 radical (unpaired) electrons. The average Bonchev–Trinajstić information content (AvgIpc) is 3.66. The minimum atomic E-state index is -2.10. The molecule has 0 spiro atoms. The molecule has 1 heterocycles. The highest BCUT2D eigenvalue weighted by Gasteiger charge is 2.47. The molecule has 9 nitrogen and oxygen atoms in total. The average molecular weight is 750 g/mol. The van der Waals surface area contributed by atoms with Gasteiger partial charge in [0.25, 0.3) is 5.91 Å². The van der Waals surface area contributed by atoms with E-state index in [4.69, 9.17) is 18.9 Å². The van der Waals surface area contributed by atoms with E-state index in [9.17, 15) is 14.4 Å². The fraction of sp³-hybridized carbons (Fsp3) is 0.561. The molecule has 284 valence electrons. The first-order valence-electron chi connectivity index (χ1n) is 18.6. The molecule has 1 aliphatic heterocycles. The van der Waals surface area contributed by atoms with Crippen molar-refractivity contribution in [2.24, 2.45) is 10.9 Å². The lowest BCUT2D eigenvalue weighted by atomic mass is 9.95. The Balaban J connectivity index is 1.41. The lowest BCUT2D eigenvalue weighted by Gasteiger charge is -2.42. The highest BCUT2D eigenvalue weighted by molar-refractivity contribution is 8.14. The maximum absolute atomic E-state index is 14.2. The molecule has 0 saturated heterocycles. The normalized spacial score (nSPS) is 18.8. The van der Waals surface area contributed by atoms with E-state index in [2.05, 4.69) is 77.7 Å². The predicted octanol–water partition coefficient (Wildman–Crippen LogP) is 8.59. The summed E-state index contributed by atoms with van der Waals surface area (Å²) in [7, 11) is -0.450. The quantitative estimate of drug-likeness (QED) is 0.0981. The molecule has 0 fully saturated rings. The van der Waals surface area contributed by atoms with Crippen LogP contribution in [0.25, 0.3) is 11.1 Å². The number of carbonyl (C=O) groups is 3. The van der Waals surface area contributed by atoms with Crippen molar-refractivity contribution in [1.29, 1.82) is 0 Å². The number of thioether (sulfide) groups is 1. The van der Waals surface area contributed by atoms with E-state index in [1.165, 1.54) is 22.7 Å². The summed E-state index contributed by atoms with van der Waals surface area (Å²) in [6.45, 7) is 23.5. The fourth-order valence-corrected chi connectivity index (χ4v) is 15.0. The number of amides is 2. The predicted molar refractivity (Wildman–Crippen MR) is 214 cm³/mol. The molecule has 1 unspecified atom stereocenters. The number of likely N-dealkylation sites (N-methyl/N-ethyl adjacent to an activating group) is 1. The van der Waals surface area contributed by atoms with E-state index in [1.54, 1.807) is 14.0 Å². The molecule has 2 aromatic rings. The van der Waals surface area contributed by atoms with Crippen LogP contribution in [0.3, 0.4) is 0 Å². The van der Waals surface area contributed by atoms with Crippen LogP contribution in [0, 0.1) is 5.92 Å². The smallest absolute Gasteiger partial charge is 0.407 e. The second-order valence-electron chi connectivity index (χ2n) is 15.4. The molecule has 1 aliphatic carbocycles. The molecule has 1 N–H and O–H groups in total. The van der Waals surface area contributed by atoms with Gasteiger partial charge in [-0.15, -0.1) is 11.8 Å². The van der Waals surface area contributed by atoms with Crippen molar-refractivity contribution >= 4 is 43.1 Å². The van der Waals surface area contributed by atoms with Gasteiger partial charge >= 0.3 is 12.1 Å². The van der Waals surface area contributed by atoms with Crippen LogP contribution in [0.2, 0.25) is 16.6 Å². The van der Waals surface area contributed by atoms with Gasteiger partial charge < -0.3 is 24.1 Å². The van der Waals surface area contributed by atoms with Gasteiger partial charge in [0, 0.05) is 25.3 Å². The Kier molecular flexibility index (Phi) is 14.0. The Morgan fingerprint density at radius 1 is 0.962 bits per heavy atom. The second kappa shape index (κ2) is 17.6. The van der Waals surface area contributed by atoms with Crippen LogP contribution in [0.15, 0.2) is 66.2 Å². The summed E-state index contributed by atoms with van der Waals surface area (Å²) in [5.41, 5.74) is 4.80. The van der Waals surface area contributed by atoms with Gasteiger partial charge in [0.1, 0.15) is 24.8 Å². The minimum Gasteiger partial charge on any atom is -0.460 e. The molecule has 2 aromatic carbocycles. The highest BCUT2D eigenvalue weighted by atomic mass is 32.2. The van der Waals surface area contributed by atoms with Crippen molar-refractivity contribution in [2.75, 3.05) is 32.6 Å². The van der Waals surface area contributed by atoms with Crippen LogP contribution >= 0.6 is 11.8 Å². The van der Waals surface area contributed by atoms with Gasteiger partial charge in [0.2, 0.25) is 0 Å². The Morgan fingerprint density at radius 2 is 1.52 bits per heavy atom. The molecule has 0 bridgehead atoms. The highest BCUT2D eigenvalue weighted by Crippen LogP contribution is 2.45. The number of hydrogen-bond acceptors (Lipinski definition) is 8. The summed E-state index contributed by atoms with van der Waals surface area (Å²) in [6, 6.07) is 15.1. The summed E-state index contributed by atoms with van der Waals surface area (Å²) in [5.74, 6) is -0.675. The lowest BCUT2D eigenvalue weighted by molar-refractivity contribution is -0.157. The van der Waals surface area contributed by atoms with Crippen LogP contribution in [0.4, 0.5) is 4.79 Å². The SMILES string of the molecule is C=CCOC(=O)[C@H]([C@@H](C)CCO[Si](C(C)C)(C(C)C)C(C)C)N(C)C(=O)[C@]1(C)CSC(C(C)NC(=O)OCC2c3ccccc3-c3ccccc32)=N1. The van der Waals surface area contributed by atoms with Crippen molar-refractivity contribution in [2.45, 2.75) is 109 Å². The molecule has 4 rings (SSSR count). The molecular weight excluding hydrogens is 691 g/mol. The van der Waals surface area contributed by atoms with E-state index < -0.39 is 38.0 Å². The number of esters is 1. The third-order valence-electron chi connectivity index (χ3n) is 10.9. The number of nitrogens with zero attached hydrogens (tertiary/aromatic N) is 2.